The number of allylic oxidation sites excluding steroid dienone is 7. The smallest absolute Gasteiger partial charge is 0.259 e. The van der Waals surface area contributed by atoms with Gasteiger partial charge in [0.2, 0.25) is 0 Å². The molecule has 0 spiro atoms. The Balaban J connectivity index is -0.000000289. The molecule has 4 heteroatoms. The standard InChI is InChI=1S/C24H35N3O.C3H6.5C2H6/c1-5-13-21(20-14-11-9-8-10-12-15-20)17-22(7-3)26-24(28)23-18-25-27(16-6-2)19(23)4;1-3-2;5*1-2/h5-7,13,16-18,20H,8-12,14-15H2,1-4H3,(H,26,28);3H,1H2,2H3;5*1-2H3/b13-5-,16-6-,21-17+,22-7+;;;;;;. The Morgan fingerprint density at radius 3 is 1.73 bits per heavy atom. The number of nitrogens with zero attached hydrogens (tertiary/aromatic N) is 2. The Hall–Kier alpha value is -2.62. The SMILES string of the molecule is C=CC.CC.CC.CC.CC.CC.C\C=C/C(=C\C(=C/C)NC(=O)c1cnn(/C=C\C)c1C)C1CCCCCCC1. The molecule has 0 atom stereocenters. The van der Waals surface area contributed by atoms with E-state index in [-0.39, 0.29) is 5.91 Å². The zero-order valence-electron chi connectivity index (χ0n) is 30.2. The Morgan fingerprint density at radius 2 is 1.32 bits per heavy atom. The van der Waals surface area contributed by atoms with E-state index < -0.39 is 0 Å². The Morgan fingerprint density at radius 1 is 0.854 bits per heavy atom. The third-order valence-corrected chi connectivity index (χ3v) is 5.41. The summed E-state index contributed by atoms with van der Waals surface area (Å²) in [4.78, 5) is 12.8. The zero-order valence-corrected chi connectivity index (χ0v) is 30.2. The monoisotopic (exact) mass is 574 g/mol. The summed E-state index contributed by atoms with van der Waals surface area (Å²) >= 11 is 0. The average molecular weight is 574 g/mol. The molecule has 2 rings (SSSR count). The molecule has 1 saturated carbocycles. The second kappa shape index (κ2) is 39.5. The number of hydrogen-bond acceptors (Lipinski definition) is 2. The first-order chi connectivity index (χ1) is 20.0. The highest BCUT2D eigenvalue weighted by molar-refractivity contribution is 5.96. The lowest BCUT2D eigenvalue weighted by Gasteiger charge is -2.21. The van der Waals surface area contributed by atoms with Crippen molar-refractivity contribution in [3.63, 3.8) is 0 Å². The van der Waals surface area contributed by atoms with Gasteiger partial charge in [-0.25, -0.2) is 4.68 Å². The van der Waals surface area contributed by atoms with E-state index >= 15 is 0 Å². The molecule has 1 aliphatic carbocycles. The highest BCUT2D eigenvalue weighted by Crippen LogP contribution is 2.29. The highest BCUT2D eigenvalue weighted by Gasteiger charge is 2.17. The van der Waals surface area contributed by atoms with Gasteiger partial charge < -0.3 is 5.32 Å². The van der Waals surface area contributed by atoms with Crippen LogP contribution in [-0.4, -0.2) is 15.7 Å². The van der Waals surface area contributed by atoms with E-state index in [0.29, 0.717) is 11.5 Å². The number of amides is 1. The third-order valence-electron chi connectivity index (χ3n) is 5.41. The second-order valence-corrected chi connectivity index (χ2v) is 7.86. The van der Waals surface area contributed by atoms with Gasteiger partial charge in [-0.1, -0.05) is 132 Å². The maximum Gasteiger partial charge on any atom is 0.259 e. The highest BCUT2D eigenvalue weighted by atomic mass is 16.1. The molecule has 0 aliphatic heterocycles. The molecule has 4 nitrogen and oxygen atoms in total. The molecule has 1 fully saturated rings. The summed E-state index contributed by atoms with van der Waals surface area (Å²) in [5, 5.41) is 7.34. The van der Waals surface area contributed by atoms with Crippen LogP contribution in [0.4, 0.5) is 0 Å². The molecule has 41 heavy (non-hydrogen) atoms. The van der Waals surface area contributed by atoms with Crippen molar-refractivity contribution < 1.29 is 4.79 Å². The molecule has 1 aliphatic rings. The first kappa shape index (κ1) is 48.1. The quantitative estimate of drug-likeness (QED) is 0.272. The molecule has 240 valence electrons. The van der Waals surface area contributed by atoms with E-state index in [2.05, 4.69) is 42.1 Å². The van der Waals surface area contributed by atoms with Gasteiger partial charge in [0.25, 0.3) is 5.91 Å². The molecule has 1 N–H and O–H groups in total. The summed E-state index contributed by atoms with van der Waals surface area (Å²) in [5.74, 6) is 0.456. The normalized spacial score (nSPS) is 13.2. The van der Waals surface area contributed by atoms with Crippen molar-refractivity contribution in [1.29, 1.82) is 0 Å². The molecule has 0 saturated heterocycles. The molecule has 1 aromatic rings. The zero-order chi connectivity index (χ0) is 33.1. The topological polar surface area (TPSA) is 46.9 Å². The van der Waals surface area contributed by atoms with Gasteiger partial charge in [-0.05, 0) is 65.0 Å². The van der Waals surface area contributed by atoms with Crippen LogP contribution in [0.15, 0.2) is 60.5 Å². The van der Waals surface area contributed by atoms with Crippen molar-refractivity contribution in [2.75, 3.05) is 0 Å². The average Bonchev–Trinajstić information content (AvgIpc) is 3.38. The summed E-state index contributed by atoms with van der Waals surface area (Å²) in [7, 11) is 0. The van der Waals surface area contributed by atoms with Crippen molar-refractivity contribution in [3.05, 3.63) is 71.8 Å². The molecule has 0 unspecified atom stereocenters. The Kier molecular flexibility index (Phi) is 46.4. The second-order valence-electron chi connectivity index (χ2n) is 7.86. The van der Waals surface area contributed by atoms with Gasteiger partial charge in [0.15, 0.2) is 0 Å². The van der Waals surface area contributed by atoms with Gasteiger partial charge in [0.1, 0.15) is 0 Å². The van der Waals surface area contributed by atoms with Crippen LogP contribution in [0.25, 0.3) is 6.20 Å². The van der Waals surface area contributed by atoms with Gasteiger partial charge in [-0.3, -0.25) is 4.79 Å². The lowest BCUT2D eigenvalue weighted by Crippen LogP contribution is -2.23. The summed E-state index contributed by atoms with van der Waals surface area (Å²) in [6.45, 7) is 33.1. The van der Waals surface area contributed by atoms with E-state index in [1.165, 1.54) is 50.5 Å². The molecule has 0 aromatic carbocycles. The first-order valence-corrected chi connectivity index (χ1v) is 16.6. The number of rotatable bonds is 6. The Bertz CT molecular complexity index is 802. The summed E-state index contributed by atoms with van der Waals surface area (Å²) in [5.41, 5.74) is 3.60. The number of nitrogens with one attached hydrogen (secondary N) is 1. The lowest BCUT2D eigenvalue weighted by atomic mass is 9.85. The fraction of sp³-hybridized carbons (Fsp3) is 0.622. The largest absolute Gasteiger partial charge is 0.322 e. The van der Waals surface area contributed by atoms with Crippen molar-refractivity contribution in [2.45, 2.75) is 149 Å². The summed E-state index contributed by atoms with van der Waals surface area (Å²) in [6.07, 6.45) is 24.6. The van der Waals surface area contributed by atoms with Crippen LogP contribution in [0.5, 0.6) is 0 Å². The number of carbonyl (C=O) groups excluding carboxylic acids is 1. The van der Waals surface area contributed by atoms with Crippen molar-refractivity contribution in [1.82, 2.24) is 15.1 Å². The first-order valence-electron chi connectivity index (χ1n) is 16.6. The third kappa shape index (κ3) is 23.8. The van der Waals surface area contributed by atoms with Gasteiger partial charge in [-0.2, -0.15) is 5.10 Å². The molecular weight excluding hydrogens is 502 g/mol. The maximum absolute atomic E-state index is 12.8. The molecule has 0 radical (unpaired) electrons. The fourth-order valence-electron chi connectivity index (χ4n) is 3.79. The molecular formula is C37H71N3O. The van der Waals surface area contributed by atoms with E-state index in [0.717, 1.165) is 11.4 Å². The molecule has 1 heterocycles. The van der Waals surface area contributed by atoms with Crippen LogP contribution >= 0.6 is 0 Å². The van der Waals surface area contributed by atoms with E-state index in [1.807, 2.05) is 115 Å². The molecule has 1 aromatic heterocycles. The van der Waals surface area contributed by atoms with Gasteiger partial charge >= 0.3 is 0 Å². The predicted octanol–water partition coefficient (Wildman–Crippen LogP) is 12.5. The summed E-state index contributed by atoms with van der Waals surface area (Å²) in [6, 6.07) is 0. The van der Waals surface area contributed by atoms with Crippen LogP contribution in [0.2, 0.25) is 0 Å². The minimum atomic E-state index is -0.116. The van der Waals surface area contributed by atoms with Crippen molar-refractivity contribution in [3.8, 4) is 0 Å². The minimum absolute atomic E-state index is 0.116. The number of carbonyl (C=O) groups is 1. The van der Waals surface area contributed by atoms with Crippen LogP contribution in [0.3, 0.4) is 0 Å². The van der Waals surface area contributed by atoms with E-state index in [4.69, 9.17) is 0 Å². The van der Waals surface area contributed by atoms with Crippen LogP contribution < -0.4 is 5.32 Å². The van der Waals surface area contributed by atoms with Crippen molar-refractivity contribution >= 4 is 12.1 Å². The van der Waals surface area contributed by atoms with Crippen LogP contribution in [0, 0.1) is 12.8 Å². The van der Waals surface area contributed by atoms with Gasteiger partial charge in [0, 0.05) is 11.9 Å². The van der Waals surface area contributed by atoms with Crippen LogP contribution in [0.1, 0.15) is 158 Å². The van der Waals surface area contributed by atoms with Crippen molar-refractivity contribution in [2.24, 2.45) is 5.92 Å². The van der Waals surface area contributed by atoms with E-state index in [9.17, 15) is 4.79 Å². The Labute approximate surface area is 258 Å². The van der Waals surface area contributed by atoms with Gasteiger partial charge in [-0.15, -0.1) is 6.58 Å². The lowest BCUT2D eigenvalue weighted by molar-refractivity contribution is 0.0966. The maximum atomic E-state index is 12.8. The van der Waals surface area contributed by atoms with Crippen LogP contribution in [-0.2, 0) is 0 Å². The minimum Gasteiger partial charge on any atom is -0.322 e. The molecule has 0 bridgehead atoms. The summed E-state index contributed by atoms with van der Waals surface area (Å²) < 4.78 is 1.72. The fourth-order valence-corrected chi connectivity index (χ4v) is 3.79. The predicted molar refractivity (Wildman–Crippen MR) is 191 cm³/mol. The van der Waals surface area contributed by atoms with E-state index in [1.54, 1.807) is 17.0 Å². The molecule has 1 amide bonds. The number of hydrogen-bond donors (Lipinski definition) is 1. The van der Waals surface area contributed by atoms with Gasteiger partial charge in [0.05, 0.1) is 17.5 Å². The number of aromatic nitrogens is 2.